The van der Waals surface area contributed by atoms with E-state index in [0.29, 0.717) is 5.75 Å². The van der Waals surface area contributed by atoms with Gasteiger partial charge in [0.05, 0.1) is 17.2 Å². The van der Waals surface area contributed by atoms with Gasteiger partial charge in [-0.2, -0.15) is 18.4 Å². The van der Waals surface area contributed by atoms with Crippen LogP contribution in [0.3, 0.4) is 0 Å². The monoisotopic (exact) mass is 293 g/mol. The molecular formula is C15H10F3NS. The Morgan fingerprint density at radius 2 is 1.75 bits per heavy atom. The first kappa shape index (κ1) is 14.5. The maximum Gasteiger partial charge on any atom is 0.417 e. The maximum atomic E-state index is 13.0. The zero-order valence-corrected chi connectivity index (χ0v) is 11.1. The van der Waals surface area contributed by atoms with Crippen LogP contribution >= 0.6 is 11.8 Å². The van der Waals surface area contributed by atoms with E-state index in [1.807, 2.05) is 30.3 Å². The first-order valence-electron chi connectivity index (χ1n) is 5.79. The first-order valence-corrected chi connectivity index (χ1v) is 6.77. The van der Waals surface area contributed by atoms with Gasteiger partial charge in [0.15, 0.2) is 0 Å². The highest BCUT2D eigenvalue weighted by atomic mass is 32.2. The largest absolute Gasteiger partial charge is 0.417 e. The van der Waals surface area contributed by atoms with Crippen LogP contribution in [0.5, 0.6) is 0 Å². The van der Waals surface area contributed by atoms with Crippen LogP contribution in [0.4, 0.5) is 13.2 Å². The van der Waals surface area contributed by atoms with Gasteiger partial charge < -0.3 is 0 Å². The van der Waals surface area contributed by atoms with Crippen molar-refractivity contribution in [2.45, 2.75) is 16.8 Å². The molecule has 1 nitrogen and oxygen atoms in total. The van der Waals surface area contributed by atoms with E-state index < -0.39 is 11.7 Å². The fourth-order valence-corrected chi connectivity index (χ4v) is 2.69. The molecule has 0 unspecified atom stereocenters. The summed E-state index contributed by atoms with van der Waals surface area (Å²) in [7, 11) is 0. The van der Waals surface area contributed by atoms with Crippen molar-refractivity contribution >= 4 is 11.8 Å². The molecule has 2 aromatic rings. The molecule has 2 rings (SSSR count). The molecule has 0 aromatic heterocycles. The van der Waals surface area contributed by atoms with E-state index >= 15 is 0 Å². The van der Waals surface area contributed by atoms with E-state index in [1.165, 1.54) is 12.1 Å². The van der Waals surface area contributed by atoms with Gasteiger partial charge in [0.2, 0.25) is 0 Å². The molecule has 2 aromatic carbocycles. The number of hydrogen-bond donors (Lipinski definition) is 0. The van der Waals surface area contributed by atoms with Crippen molar-refractivity contribution in [3.63, 3.8) is 0 Å². The highest BCUT2D eigenvalue weighted by Gasteiger charge is 2.33. The van der Waals surface area contributed by atoms with E-state index in [1.54, 1.807) is 6.07 Å². The second-order valence-electron chi connectivity index (χ2n) is 4.09. The van der Waals surface area contributed by atoms with Gasteiger partial charge in [-0.05, 0) is 23.8 Å². The minimum absolute atomic E-state index is 0.0152. The lowest BCUT2D eigenvalue weighted by atomic mass is 10.1. The van der Waals surface area contributed by atoms with E-state index in [2.05, 4.69) is 0 Å². The van der Waals surface area contributed by atoms with Crippen LogP contribution in [0.1, 0.15) is 16.7 Å². The van der Waals surface area contributed by atoms with Crippen LogP contribution in [0.2, 0.25) is 0 Å². The molecule has 0 aliphatic carbocycles. The molecule has 0 saturated carbocycles. The Morgan fingerprint density at radius 3 is 2.35 bits per heavy atom. The van der Waals surface area contributed by atoms with Crippen molar-refractivity contribution in [3.05, 3.63) is 65.2 Å². The number of rotatable bonds is 3. The average Bonchev–Trinajstić information content (AvgIpc) is 2.45. The Kier molecular flexibility index (Phi) is 4.35. The fourth-order valence-electron chi connectivity index (χ4n) is 1.68. The Morgan fingerprint density at radius 1 is 1.05 bits per heavy atom. The van der Waals surface area contributed by atoms with E-state index in [0.717, 1.165) is 23.4 Å². The third-order valence-electron chi connectivity index (χ3n) is 2.65. The molecule has 0 heterocycles. The second kappa shape index (κ2) is 6.02. The van der Waals surface area contributed by atoms with Gasteiger partial charge >= 0.3 is 6.18 Å². The zero-order chi connectivity index (χ0) is 14.6. The van der Waals surface area contributed by atoms with Gasteiger partial charge in [-0.3, -0.25) is 0 Å². The molecule has 0 aliphatic rings. The molecule has 0 amide bonds. The topological polar surface area (TPSA) is 23.8 Å². The normalized spacial score (nSPS) is 11.1. The third-order valence-corrected chi connectivity index (χ3v) is 3.80. The van der Waals surface area contributed by atoms with Gasteiger partial charge in [0.1, 0.15) is 0 Å². The van der Waals surface area contributed by atoms with Crippen LogP contribution < -0.4 is 0 Å². The molecule has 0 aliphatic heterocycles. The highest BCUT2D eigenvalue weighted by molar-refractivity contribution is 7.98. The van der Waals surface area contributed by atoms with Crippen LogP contribution in [-0.2, 0) is 11.9 Å². The quantitative estimate of drug-likeness (QED) is 0.754. The minimum Gasteiger partial charge on any atom is -0.192 e. The lowest BCUT2D eigenvalue weighted by molar-refractivity contribution is -0.139. The predicted molar refractivity (Wildman–Crippen MR) is 72.2 cm³/mol. The molecule has 0 saturated heterocycles. The molecule has 0 N–H and O–H groups in total. The van der Waals surface area contributed by atoms with Crippen LogP contribution in [-0.4, -0.2) is 0 Å². The summed E-state index contributed by atoms with van der Waals surface area (Å²) in [5, 5.41) is 8.70. The van der Waals surface area contributed by atoms with E-state index in [9.17, 15) is 13.2 Å². The Hall–Kier alpha value is -1.93. The van der Waals surface area contributed by atoms with Crippen molar-refractivity contribution in [1.29, 1.82) is 5.26 Å². The molecule has 5 heteroatoms. The number of benzene rings is 2. The van der Waals surface area contributed by atoms with E-state index in [4.69, 9.17) is 5.26 Å². The summed E-state index contributed by atoms with van der Waals surface area (Å²) in [5.41, 5.74) is 0.217. The minimum atomic E-state index is -4.45. The molecule has 0 atom stereocenters. The van der Waals surface area contributed by atoms with Gasteiger partial charge in [-0.25, -0.2) is 0 Å². The number of nitriles is 1. The predicted octanol–water partition coefficient (Wildman–Crippen LogP) is 4.87. The van der Waals surface area contributed by atoms with E-state index in [-0.39, 0.29) is 10.5 Å². The van der Waals surface area contributed by atoms with Crippen molar-refractivity contribution < 1.29 is 13.2 Å². The second-order valence-corrected chi connectivity index (χ2v) is 5.11. The Bertz CT molecular complexity index is 630. The van der Waals surface area contributed by atoms with Gasteiger partial charge in [0.25, 0.3) is 0 Å². The SMILES string of the molecule is N#Cc1ccc(SCc2ccccc2)c(C(F)(F)F)c1. The van der Waals surface area contributed by atoms with Crippen LogP contribution in [0.25, 0.3) is 0 Å². The molecule has 0 spiro atoms. The fraction of sp³-hybridized carbons (Fsp3) is 0.133. The summed E-state index contributed by atoms with van der Waals surface area (Å²) in [5.74, 6) is 0.454. The smallest absolute Gasteiger partial charge is 0.192 e. The van der Waals surface area contributed by atoms with Gasteiger partial charge in [-0.1, -0.05) is 30.3 Å². The summed E-state index contributed by atoms with van der Waals surface area (Å²) in [6.45, 7) is 0. The Balaban J connectivity index is 2.25. The summed E-state index contributed by atoms with van der Waals surface area (Å²) in [4.78, 5) is 0.139. The summed E-state index contributed by atoms with van der Waals surface area (Å²) in [6.07, 6.45) is -4.45. The maximum absolute atomic E-state index is 13.0. The number of nitrogens with zero attached hydrogens (tertiary/aromatic N) is 1. The van der Waals surface area contributed by atoms with Crippen molar-refractivity contribution in [2.24, 2.45) is 0 Å². The first-order chi connectivity index (χ1) is 9.50. The lowest BCUT2D eigenvalue weighted by Gasteiger charge is -2.12. The van der Waals surface area contributed by atoms with Gasteiger partial charge in [-0.15, -0.1) is 11.8 Å². The number of thioether (sulfide) groups is 1. The number of halogens is 3. The molecular weight excluding hydrogens is 283 g/mol. The molecule has 0 bridgehead atoms. The van der Waals surface area contributed by atoms with Crippen LogP contribution in [0.15, 0.2) is 53.4 Å². The summed E-state index contributed by atoms with van der Waals surface area (Å²) in [6, 6.07) is 14.7. The van der Waals surface area contributed by atoms with Crippen molar-refractivity contribution in [2.75, 3.05) is 0 Å². The van der Waals surface area contributed by atoms with Gasteiger partial charge in [0, 0.05) is 10.6 Å². The van der Waals surface area contributed by atoms with Crippen molar-refractivity contribution in [3.8, 4) is 6.07 Å². The molecule has 0 fully saturated rings. The van der Waals surface area contributed by atoms with Crippen molar-refractivity contribution in [1.82, 2.24) is 0 Å². The molecule has 102 valence electrons. The number of alkyl halides is 3. The number of hydrogen-bond acceptors (Lipinski definition) is 2. The molecule has 20 heavy (non-hydrogen) atoms. The lowest BCUT2D eigenvalue weighted by Crippen LogP contribution is -2.07. The molecule has 0 radical (unpaired) electrons. The zero-order valence-electron chi connectivity index (χ0n) is 10.3. The highest BCUT2D eigenvalue weighted by Crippen LogP contribution is 2.38. The summed E-state index contributed by atoms with van der Waals surface area (Å²) < 4.78 is 38.9. The Labute approximate surface area is 119 Å². The van der Waals surface area contributed by atoms with Crippen LogP contribution in [0, 0.1) is 11.3 Å². The third kappa shape index (κ3) is 3.55. The average molecular weight is 293 g/mol. The standard InChI is InChI=1S/C15H10F3NS/c16-15(17,18)13-8-12(9-19)6-7-14(13)20-10-11-4-2-1-3-5-11/h1-8H,10H2. The summed E-state index contributed by atoms with van der Waals surface area (Å²) >= 11 is 1.12.